The van der Waals surface area contributed by atoms with Crippen molar-refractivity contribution in [3.8, 4) is 11.3 Å². The van der Waals surface area contributed by atoms with Crippen molar-refractivity contribution in [3.05, 3.63) is 36.1 Å². The first kappa shape index (κ1) is 10.8. The van der Waals surface area contributed by atoms with Gasteiger partial charge in [0.25, 0.3) is 10.1 Å². The van der Waals surface area contributed by atoms with Gasteiger partial charge in [-0.1, -0.05) is 35.5 Å². The summed E-state index contributed by atoms with van der Waals surface area (Å²) in [4.78, 5) is -0.279. The molecular formula is C10H9NO4S. The Bertz CT molecular complexity index is 601. The van der Waals surface area contributed by atoms with Crippen molar-refractivity contribution >= 4 is 10.1 Å². The van der Waals surface area contributed by atoms with Crippen LogP contribution in [0.4, 0.5) is 0 Å². The standard InChI is InChI=1S/C10H9NO4S/c1-7-10(16(12,13)14)9(11-15-7)8-5-3-2-4-6-8/h2-6H,1H3,(H,12,13,14). The molecule has 1 aromatic carbocycles. The van der Waals surface area contributed by atoms with E-state index >= 15 is 0 Å². The molecule has 2 aromatic rings. The van der Waals surface area contributed by atoms with E-state index in [1.54, 1.807) is 30.3 Å². The van der Waals surface area contributed by atoms with E-state index in [1.807, 2.05) is 0 Å². The summed E-state index contributed by atoms with van der Waals surface area (Å²) in [6, 6.07) is 8.65. The second-order valence-electron chi connectivity index (χ2n) is 3.26. The summed E-state index contributed by atoms with van der Waals surface area (Å²) in [5.74, 6) is 0.0707. The third-order valence-corrected chi connectivity index (χ3v) is 3.11. The fourth-order valence-corrected chi connectivity index (χ4v) is 2.25. The summed E-state index contributed by atoms with van der Waals surface area (Å²) in [5, 5.41) is 3.64. The highest BCUT2D eigenvalue weighted by Gasteiger charge is 2.24. The number of aromatic nitrogens is 1. The molecule has 2 rings (SSSR count). The molecule has 0 saturated heterocycles. The zero-order valence-electron chi connectivity index (χ0n) is 8.41. The second-order valence-corrected chi connectivity index (χ2v) is 4.62. The first-order valence-corrected chi connectivity index (χ1v) is 5.93. The molecule has 0 bridgehead atoms. The minimum atomic E-state index is -4.33. The van der Waals surface area contributed by atoms with Crippen molar-refractivity contribution in [2.24, 2.45) is 0 Å². The van der Waals surface area contributed by atoms with E-state index in [1.165, 1.54) is 6.92 Å². The van der Waals surface area contributed by atoms with Gasteiger partial charge in [0, 0.05) is 5.56 Å². The summed E-state index contributed by atoms with van der Waals surface area (Å²) >= 11 is 0. The number of rotatable bonds is 2. The Balaban J connectivity index is 2.69. The lowest BCUT2D eigenvalue weighted by Gasteiger charge is -1.98. The molecule has 0 aliphatic carbocycles. The highest BCUT2D eigenvalue weighted by atomic mass is 32.2. The second kappa shape index (κ2) is 3.73. The lowest BCUT2D eigenvalue weighted by molar-refractivity contribution is 0.394. The molecule has 0 saturated carbocycles. The minimum Gasteiger partial charge on any atom is -0.360 e. The summed E-state index contributed by atoms with van der Waals surface area (Å²) < 4.78 is 36.2. The van der Waals surface area contributed by atoms with Crippen LogP contribution in [0.2, 0.25) is 0 Å². The molecule has 6 heteroatoms. The van der Waals surface area contributed by atoms with Crippen molar-refractivity contribution in [2.75, 3.05) is 0 Å². The van der Waals surface area contributed by atoms with Crippen LogP contribution >= 0.6 is 0 Å². The molecule has 84 valence electrons. The molecule has 0 atom stereocenters. The molecule has 0 radical (unpaired) electrons. The van der Waals surface area contributed by atoms with E-state index in [-0.39, 0.29) is 16.3 Å². The maximum Gasteiger partial charge on any atom is 0.300 e. The fourth-order valence-electron chi connectivity index (χ4n) is 1.45. The van der Waals surface area contributed by atoms with Crippen LogP contribution in [0.15, 0.2) is 39.8 Å². The molecule has 1 heterocycles. The van der Waals surface area contributed by atoms with Crippen molar-refractivity contribution in [3.63, 3.8) is 0 Å². The van der Waals surface area contributed by atoms with Gasteiger partial charge in [0.2, 0.25) is 0 Å². The lowest BCUT2D eigenvalue weighted by Crippen LogP contribution is -2.00. The van der Waals surface area contributed by atoms with Gasteiger partial charge < -0.3 is 4.52 Å². The Kier molecular flexibility index (Phi) is 2.53. The summed E-state index contributed by atoms with van der Waals surface area (Å²) in [6.45, 7) is 1.43. The van der Waals surface area contributed by atoms with Gasteiger partial charge in [-0.3, -0.25) is 4.55 Å². The van der Waals surface area contributed by atoms with E-state index < -0.39 is 10.1 Å². The van der Waals surface area contributed by atoms with Crippen LogP contribution in [0.5, 0.6) is 0 Å². The molecule has 0 fully saturated rings. The van der Waals surface area contributed by atoms with Gasteiger partial charge in [0.1, 0.15) is 5.69 Å². The predicted molar refractivity (Wildman–Crippen MR) is 56.5 cm³/mol. The van der Waals surface area contributed by atoms with Crippen molar-refractivity contribution in [1.82, 2.24) is 5.16 Å². The quantitative estimate of drug-likeness (QED) is 0.809. The molecular weight excluding hydrogens is 230 g/mol. The SMILES string of the molecule is Cc1onc(-c2ccccc2)c1S(=O)(=O)O. The Labute approximate surface area is 92.4 Å². The van der Waals surface area contributed by atoms with Gasteiger partial charge in [-0.2, -0.15) is 8.42 Å². The molecule has 5 nitrogen and oxygen atoms in total. The van der Waals surface area contributed by atoms with Gasteiger partial charge in [-0.05, 0) is 6.92 Å². The van der Waals surface area contributed by atoms with Crippen LogP contribution in [-0.4, -0.2) is 18.1 Å². The van der Waals surface area contributed by atoms with Crippen molar-refractivity contribution in [2.45, 2.75) is 11.8 Å². The number of hydrogen-bond acceptors (Lipinski definition) is 4. The molecule has 16 heavy (non-hydrogen) atoms. The van der Waals surface area contributed by atoms with Crippen molar-refractivity contribution < 1.29 is 17.5 Å². The first-order chi connectivity index (χ1) is 7.50. The Morgan fingerprint density at radius 2 is 1.88 bits per heavy atom. The Morgan fingerprint density at radius 1 is 1.25 bits per heavy atom. The maximum absolute atomic E-state index is 11.2. The van der Waals surface area contributed by atoms with Crippen LogP contribution in [0.1, 0.15) is 5.76 Å². The van der Waals surface area contributed by atoms with Crippen molar-refractivity contribution in [1.29, 1.82) is 0 Å². The monoisotopic (exact) mass is 239 g/mol. The first-order valence-electron chi connectivity index (χ1n) is 4.49. The number of aryl methyl sites for hydroxylation is 1. The van der Waals surface area contributed by atoms with Gasteiger partial charge in [-0.25, -0.2) is 0 Å². The Hall–Kier alpha value is -1.66. The molecule has 0 aliphatic rings. The van der Waals surface area contributed by atoms with Gasteiger partial charge in [0.05, 0.1) is 0 Å². The summed E-state index contributed by atoms with van der Waals surface area (Å²) in [5.41, 5.74) is 0.701. The molecule has 1 aromatic heterocycles. The summed E-state index contributed by atoms with van der Waals surface area (Å²) in [6.07, 6.45) is 0. The lowest BCUT2D eigenvalue weighted by atomic mass is 10.1. The molecule has 0 aliphatic heterocycles. The third kappa shape index (κ3) is 1.84. The highest BCUT2D eigenvalue weighted by molar-refractivity contribution is 7.86. The molecule has 0 spiro atoms. The predicted octanol–water partition coefficient (Wildman–Crippen LogP) is 1.90. The van der Waals surface area contributed by atoms with Gasteiger partial charge in [0.15, 0.2) is 10.7 Å². The van der Waals surface area contributed by atoms with Crippen LogP contribution in [0.25, 0.3) is 11.3 Å². The molecule has 0 unspecified atom stereocenters. The van der Waals surface area contributed by atoms with Crippen LogP contribution in [0, 0.1) is 6.92 Å². The maximum atomic E-state index is 11.2. The topological polar surface area (TPSA) is 80.4 Å². The fraction of sp³-hybridized carbons (Fsp3) is 0.100. The van der Waals surface area contributed by atoms with Crippen LogP contribution < -0.4 is 0 Å². The van der Waals surface area contributed by atoms with E-state index in [9.17, 15) is 8.42 Å². The van der Waals surface area contributed by atoms with Gasteiger partial charge >= 0.3 is 0 Å². The smallest absolute Gasteiger partial charge is 0.300 e. The average Bonchev–Trinajstić information content (AvgIpc) is 2.61. The zero-order chi connectivity index (χ0) is 11.8. The minimum absolute atomic E-state index is 0.0707. The largest absolute Gasteiger partial charge is 0.360 e. The van der Waals surface area contributed by atoms with E-state index in [2.05, 4.69) is 5.16 Å². The van der Waals surface area contributed by atoms with E-state index in [0.717, 1.165) is 0 Å². The average molecular weight is 239 g/mol. The highest BCUT2D eigenvalue weighted by Crippen LogP contribution is 2.28. The van der Waals surface area contributed by atoms with E-state index in [4.69, 9.17) is 9.08 Å². The number of hydrogen-bond donors (Lipinski definition) is 1. The number of benzene rings is 1. The van der Waals surface area contributed by atoms with E-state index in [0.29, 0.717) is 5.56 Å². The van der Waals surface area contributed by atoms with Gasteiger partial charge in [-0.15, -0.1) is 0 Å². The third-order valence-electron chi connectivity index (χ3n) is 2.11. The number of nitrogens with zero attached hydrogens (tertiary/aromatic N) is 1. The molecule has 1 N–H and O–H groups in total. The van der Waals surface area contributed by atoms with Crippen LogP contribution in [0.3, 0.4) is 0 Å². The molecule has 0 amide bonds. The Morgan fingerprint density at radius 3 is 2.44 bits per heavy atom. The normalized spacial score (nSPS) is 11.6. The summed E-state index contributed by atoms with van der Waals surface area (Å²) in [7, 11) is -4.33. The zero-order valence-corrected chi connectivity index (χ0v) is 9.23. The van der Waals surface area contributed by atoms with Crippen LogP contribution in [-0.2, 0) is 10.1 Å².